The molecule has 0 fully saturated rings. The molecule has 0 aromatic carbocycles. The van der Waals surface area contributed by atoms with Crippen molar-refractivity contribution >= 4 is 11.9 Å². The van der Waals surface area contributed by atoms with Gasteiger partial charge in [-0.25, -0.2) is 4.98 Å². The number of rotatable bonds is 2. The fourth-order valence-electron chi connectivity index (χ4n) is 0.682. The van der Waals surface area contributed by atoms with Crippen molar-refractivity contribution in [3.8, 4) is 0 Å². The lowest BCUT2D eigenvalue weighted by atomic mass is 10.5. The van der Waals surface area contributed by atoms with E-state index in [0.717, 1.165) is 0 Å². The molecule has 0 bridgehead atoms. The number of hydrogen-bond acceptors (Lipinski definition) is 2. The van der Waals surface area contributed by atoms with Crippen molar-refractivity contribution in [2.75, 3.05) is 11.9 Å². The number of anilines is 1. The van der Waals surface area contributed by atoms with Gasteiger partial charge in [-0.3, -0.25) is 9.69 Å². The third-order valence-corrected chi connectivity index (χ3v) is 1.31. The molecule has 1 heterocycles. The van der Waals surface area contributed by atoms with Crippen molar-refractivity contribution in [1.29, 1.82) is 0 Å². The van der Waals surface area contributed by atoms with Crippen LogP contribution in [0.2, 0.25) is 0 Å². The zero-order valence-corrected chi connectivity index (χ0v) is 6.24. The molecule has 0 saturated carbocycles. The summed E-state index contributed by atoms with van der Waals surface area (Å²) in [7, 11) is 1.63. The lowest BCUT2D eigenvalue weighted by Gasteiger charge is -2.09. The maximum atomic E-state index is 11.0. The molecule has 1 N–H and O–H groups in total. The Labute approximate surface area is 64.6 Å². The first-order valence-electron chi connectivity index (χ1n) is 3.15. The highest BCUT2D eigenvalue weighted by atomic mass is 16.2. The van der Waals surface area contributed by atoms with Crippen LogP contribution in [-0.2, 0) is 4.79 Å². The van der Waals surface area contributed by atoms with E-state index in [1.807, 2.05) is 0 Å². The van der Waals surface area contributed by atoms with Gasteiger partial charge in [-0.1, -0.05) is 6.58 Å². The Hall–Kier alpha value is -1.58. The topological polar surface area (TPSA) is 49.0 Å². The number of H-pyrrole nitrogens is 1. The molecule has 58 valence electrons. The Kier molecular flexibility index (Phi) is 2.06. The van der Waals surface area contributed by atoms with Crippen LogP contribution < -0.4 is 4.90 Å². The molecule has 0 saturated heterocycles. The number of imidazole rings is 1. The van der Waals surface area contributed by atoms with Gasteiger partial charge in [0.1, 0.15) is 0 Å². The zero-order chi connectivity index (χ0) is 8.27. The van der Waals surface area contributed by atoms with Crippen LogP contribution in [0.3, 0.4) is 0 Å². The molecule has 1 amide bonds. The average molecular weight is 151 g/mol. The summed E-state index contributed by atoms with van der Waals surface area (Å²) in [5, 5.41) is 0. The van der Waals surface area contributed by atoms with E-state index in [-0.39, 0.29) is 5.91 Å². The Bertz CT molecular complexity index is 253. The second kappa shape index (κ2) is 3.01. The standard InChI is InChI=1S/C7H9N3O/c1-3-6(11)10(2)7-8-4-5-9-7/h3-5H,1H2,2H3,(H,8,9). The number of carbonyl (C=O) groups is 1. The normalized spacial score (nSPS) is 9.18. The van der Waals surface area contributed by atoms with Crippen molar-refractivity contribution in [3.05, 3.63) is 25.0 Å². The van der Waals surface area contributed by atoms with E-state index in [0.29, 0.717) is 5.95 Å². The molecule has 0 aliphatic heterocycles. The zero-order valence-electron chi connectivity index (χ0n) is 6.24. The molecule has 0 atom stereocenters. The van der Waals surface area contributed by atoms with Gasteiger partial charge < -0.3 is 4.98 Å². The molecular formula is C7H9N3O. The molecule has 0 aliphatic carbocycles. The fourth-order valence-corrected chi connectivity index (χ4v) is 0.682. The number of nitrogens with zero attached hydrogens (tertiary/aromatic N) is 2. The molecule has 11 heavy (non-hydrogen) atoms. The lowest BCUT2D eigenvalue weighted by molar-refractivity contribution is -0.113. The van der Waals surface area contributed by atoms with Crippen LogP contribution >= 0.6 is 0 Å². The van der Waals surface area contributed by atoms with Crippen molar-refractivity contribution in [2.24, 2.45) is 0 Å². The fraction of sp³-hybridized carbons (Fsp3) is 0.143. The van der Waals surface area contributed by atoms with Gasteiger partial charge >= 0.3 is 0 Å². The molecule has 0 radical (unpaired) electrons. The highest BCUT2D eigenvalue weighted by Gasteiger charge is 2.07. The second-order valence-electron chi connectivity index (χ2n) is 2.01. The van der Waals surface area contributed by atoms with Crippen LogP contribution in [0.25, 0.3) is 0 Å². The summed E-state index contributed by atoms with van der Waals surface area (Å²) < 4.78 is 0. The first-order chi connectivity index (χ1) is 5.25. The first-order valence-corrected chi connectivity index (χ1v) is 3.15. The summed E-state index contributed by atoms with van der Waals surface area (Å²) in [5.41, 5.74) is 0. The van der Waals surface area contributed by atoms with Crippen molar-refractivity contribution in [1.82, 2.24) is 9.97 Å². The maximum Gasteiger partial charge on any atom is 0.252 e. The van der Waals surface area contributed by atoms with Crippen LogP contribution in [0, 0.1) is 0 Å². The molecule has 0 spiro atoms. The monoisotopic (exact) mass is 151 g/mol. The van der Waals surface area contributed by atoms with Crippen molar-refractivity contribution in [2.45, 2.75) is 0 Å². The predicted molar refractivity (Wildman–Crippen MR) is 42.2 cm³/mol. The summed E-state index contributed by atoms with van der Waals surface area (Å²) >= 11 is 0. The molecule has 1 aromatic heterocycles. The van der Waals surface area contributed by atoms with E-state index in [2.05, 4.69) is 16.5 Å². The van der Waals surface area contributed by atoms with Gasteiger partial charge in [-0.2, -0.15) is 0 Å². The van der Waals surface area contributed by atoms with Crippen LogP contribution in [0.1, 0.15) is 0 Å². The molecule has 1 aromatic rings. The Balaban J connectivity index is 2.77. The molecular weight excluding hydrogens is 142 g/mol. The van der Waals surface area contributed by atoms with Crippen LogP contribution in [0.5, 0.6) is 0 Å². The van der Waals surface area contributed by atoms with Gasteiger partial charge in [0.15, 0.2) is 0 Å². The number of aromatic nitrogens is 2. The molecule has 0 aliphatic rings. The number of aromatic amines is 1. The quantitative estimate of drug-likeness (QED) is 0.628. The van der Waals surface area contributed by atoms with E-state index in [4.69, 9.17) is 0 Å². The largest absolute Gasteiger partial charge is 0.331 e. The predicted octanol–water partition coefficient (Wildman–Crippen LogP) is 0.558. The van der Waals surface area contributed by atoms with Crippen molar-refractivity contribution < 1.29 is 4.79 Å². The van der Waals surface area contributed by atoms with Gasteiger partial charge in [0, 0.05) is 19.4 Å². The summed E-state index contributed by atoms with van der Waals surface area (Å²) in [6.07, 6.45) is 4.48. The number of nitrogens with one attached hydrogen (secondary N) is 1. The van der Waals surface area contributed by atoms with Gasteiger partial charge in [-0.05, 0) is 6.08 Å². The van der Waals surface area contributed by atoms with E-state index in [1.165, 1.54) is 11.0 Å². The summed E-state index contributed by atoms with van der Waals surface area (Å²) in [6, 6.07) is 0. The molecule has 1 rings (SSSR count). The van der Waals surface area contributed by atoms with E-state index in [1.54, 1.807) is 19.4 Å². The number of carbonyl (C=O) groups excluding carboxylic acids is 1. The highest BCUT2D eigenvalue weighted by Crippen LogP contribution is 2.02. The maximum absolute atomic E-state index is 11.0. The minimum Gasteiger partial charge on any atom is -0.331 e. The summed E-state index contributed by atoms with van der Waals surface area (Å²) in [4.78, 5) is 19.0. The number of likely N-dealkylation sites (N-methyl/N-ethyl adjacent to an activating group) is 1. The van der Waals surface area contributed by atoms with Gasteiger partial charge in [0.05, 0.1) is 0 Å². The number of amides is 1. The van der Waals surface area contributed by atoms with E-state index < -0.39 is 0 Å². The molecule has 0 unspecified atom stereocenters. The van der Waals surface area contributed by atoms with E-state index >= 15 is 0 Å². The Morgan fingerprint density at radius 3 is 3.09 bits per heavy atom. The summed E-state index contributed by atoms with van der Waals surface area (Å²) in [5.74, 6) is 0.342. The van der Waals surface area contributed by atoms with Gasteiger partial charge in [0.25, 0.3) is 5.91 Å². The SMILES string of the molecule is C=CC(=O)N(C)c1ncc[nH]1. The van der Waals surface area contributed by atoms with Crippen LogP contribution in [0.4, 0.5) is 5.95 Å². The third kappa shape index (κ3) is 1.46. The van der Waals surface area contributed by atoms with E-state index in [9.17, 15) is 4.79 Å². The highest BCUT2D eigenvalue weighted by molar-refractivity contribution is 5.99. The second-order valence-corrected chi connectivity index (χ2v) is 2.01. The Morgan fingerprint density at radius 2 is 2.64 bits per heavy atom. The smallest absolute Gasteiger partial charge is 0.252 e. The third-order valence-electron chi connectivity index (χ3n) is 1.31. The average Bonchev–Trinajstić information content (AvgIpc) is 2.53. The molecule has 4 heteroatoms. The van der Waals surface area contributed by atoms with Crippen LogP contribution in [-0.4, -0.2) is 22.9 Å². The lowest BCUT2D eigenvalue weighted by Crippen LogP contribution is -2.24. The van der Waals surface area contributed by atoms with Crippen LogP contribution in [0.15, 0.2) is 25.0 Å². The minimum atomic E-state index is -0.181. The number of hydrogen-bond donors (Lipinski definition) is 1. The van der Waals surface area contributed by atoms with Crippen molar-refractivity contribution in [3.63, 3.8) is 0 Å². The Morgan fingerprint density at radius 1 is 1.91 bits per heavy atom. The molecule has 4 nitrogen and oxygen atoms in total. The minimum absolute atomic E-state index is 0.181. The first kappa shape index (κ1) is 7.53. The summed E-state index contributed by atoms with van der Waals surface area (Å²) in [6.45, 7) is 3.36. The van der Waals surface area contributed by atoms with Gasteiger partial charge in [0.2, 0.25) is 5.95 Å². The van der Waals surface area contributed by atoms with Gasteiger partial charge in [-0.15, -0.1) is 0 Å².